The molecular weight excluding hydrogens is 292 g/mol. The molecule has 0 fully saturated rings. The number of nitrogens with zero attached hydrogens (tertiary/aromatic N) is 6. The number of hydrogen-bond acceptors (Lipinski definition) is 6. The lowest BCUT2D eigenvalue weighted by Crippen LogP contribution is -2.26. The van der Waals surface area contributed by atoms with E-state index < -0.39 is 0 Å². The van der Waals surface area contributed by atoms with Gasteiger partial charge in [0.25, 0.3) is 5.78 Å². The van der Waals surface area contributed by atoms with Crippen LogP contribution in [0, 0.1) is 6.92 Å². The molecule has 0 radical (unpaired) electrons. The van der Waals surface area contributed by atoms with Crippen LogP contribution in [0.2, 0.25) is 0 Å². The van der Waals surface area contributed by atoms with Gasteiger partial charge in [-0.25, -0.2) is 5.01 Å². The summed E-state index contributed by atoms with van der Waals surface area (Å²) in [4.78, 5) is 4.54. The summed E-state index contributed by atoms with van der Waals surface area (Å²) >= 11 is 0. The molecule has 7 nitrogen and oxygen atoms in total. The second-order valence-electron chi connectivity index (χ2n) is 5.35. The standard InChI is InChI=1S/C16H16N6O/c1-4-12-18-19-16-17-14-13(10(2)22(12)16)23-15(20-21(14)3)11-8-6-5-7-9-11/h5-9H,4H2,1-3H3. The maximum atomic E-state index is 6.07. The number of aromatic nitrogens is 4. The van der Waals surface area contributed by atoms with Crippen molar-refractivity contribution in [2.45, 2.75) is 20.3 Å². The van der Waals surface area contributed by atoms with Crippen molar-refractivity contribution in [2.24, 2.45) is 5.10 Å². The van der Waals surface area contributed by atoms with Gasteiger partial charge >= 0.3 is 0 Å². The smallest absolute Gasteiger partial charge is 0.257 e. The first-order valence-corrected chi connectivity index (χ1v) is 7.49. The van der Waals surface area contributed by atoms with Gasteiger partial charge in [-0.1, -0.05) is 25.1 Å². The molecule has 0 saturated carbocycles. The lowest BCUT2D eigenvalue weighted by atomic mass is 10.2. The highest BCUT2D eigenvalue weighted by atomic mass is 16.5. The van der Waals surface area contributed by atoms with E-state index in [1.165, 1.54) is 0 Å². The van der Waals surface area contributed by atoms with Crippen molar-refractivity contribution in [1.29, 1.82) is 0 Å². The fourth-order valence-corrected chi connectivity index (χ4v) is 2.70. The Kier molecular flexibility index (Phi) is 3.00. The first-order valence-electron chi connectivity index (χ1n) is 7.49. The van der Waals surface area contributed by atoms with Crippen LogP contribution in [0.25, 0.3) is 5.78 Å². The van der Waals surface area contributed by atoms with E-state index in [1.54, 1.807) is 5.01 Å². The van der Waals surface area contributed by atoms with Crippen LogP contribution < -0.4 is 9.75 Å². The van der Waals surface area contributed by atoms with Crippen LogP contribution in [-0.2, 0) is 6.42 Å². The SMILES string of the molecule is CCc1nnc2nc3c(c(C)n12)OC(c1ccccc1)=NN3C. The van der Waals surface area contributed by atoms with Crippen LogP contribution in [0.1, 0.15) is 24.0 Å². The summed E-state index contributed by atoms with van der Waals surface area (Å²) in [6, 6.07) is 9.82. The highest BCUT2D eigenvalue weighted by Gasteiger charge is 2.26. The highest BCUT2D eigenvalue weighted by Crippen LogP contribution is 2.34. The van der Waals surface area contributed by atoms with Gasteiger partial charge in [-0.15, -0.1) is 15.3 Å². The summed E-state index contributed by atoms with van der Waals surface area (Å²) in [6.07, 6.45) is 0.776. The summed E-state index contributed by atoms with van der Waals surface area (Å²) < 4.78 is 8.00. The van der Waals surface area contributed by atoms with Crippen molar-refractivity contribution < 1.29 is 4.74 Å². The summed E-state index contributed by atoms with van der Waals surface area (Å²) in [7, 11) is 1.85. The molecule has 7 heteroatoms. The molecule has 1 aliphatic rings. The quantitative estimate of drug-likeness (QED) is 0.726. The van der Waals surface area contributed by atoms with Gasteiger partial charge in [0.15, 0.2) is 11.6 Å². The third kappa shape index (κ3) is 2.04. The molecule has 0 N–H and O–H groups in total. The summed E-state index contributed by atoms with van der Waals surface area (Å²) in [6.45, 7) is 4.02. The number of fused-ring (bicyclic) bond motifs is 2. The Labute approximate surface area is 133 Å². The molecule has 1 aromatic carbocycles. The summed E-state index contributed by atoms with van der Waals surface area (Å²) in [5, 5.41) is 14.5. The van der Waals surface area contributed by atoms with E-state index in [0.717, 1.165) is 23.5 Å². The van der Waals surface area contributed by atoms with Crippen LogP contribution in [0.3, 0.4) is 0 Å². The number of benzene rings is 1. The molecule has 2 aromatic heterocycles. The molecule has 3 aromatic rings. The Bertz CT molecular complexity index is 915. The number of rotatable bonds is 2. The average molecular weight is 308 g/mol. The van der Waals surface area contributed by atoms with E-state index in [9.17, 15) is 0 Å². The second kappa shape index (κ2) is 5.05. The molecular formula is C16H16N6O. The normalized spacial score (nSPS) is 13.7. The van der Waals surface area contributed by atoms with Crippen LogP contribution in [0.5, 0.6) is 5.75 Å². The maximum Gasteiger partial charge on any atom is 0.257 e. The molecule has 0 bridgehead atoms. The monoisotopic (exact) mass is 308 g/mol. The van der Waals surface area contributed by atoms with Crippen molar-refractivity contribution in [3.63, 3.8) is 0 Å². The van der Waals surface area contributed by atoms with Crippen molar-refractivity contribution in [1.82, 2.24) is 19.6 Å². The molecule has 0 saturated heterocycles. The molecule has 1 aliphatic heterocycles. The van der Waals surface area contributed by atoms with Crippen molar-refractivity contribution in [3.8, 4) is 5.75 Å². The third-order valence-electron chi connectivity index (χ3n) is 3.87. The van der Waals surface area contributed by atoms with Crippen LogP contribution in [0.4, 0.5) is 5.82 Å². The molecule has 0 spiro atoms. The van der Waals surface area contributed by atoms with Gasteiger partial charge in [0, 0.05) is 19.0 Å². The Balaban J connectivity index is 1.89. The summed E-state index contributed by atoms with van der Waals surface area (Å²) in [5.41, 5.74) is 1.84. The van der Waals surface area contributed by atoms with Crippen molar-refractivity contribution >= 4 is 17.5 Å². The topological polar surface area (TPSA) is 67.9 Å². The Morgan fingerprint density at radius 3 is 2.65 bits per heavy atom. The fourth-order valence-electron chi connectivity index (χ4n) is 2.70. The second-order valence-corrected chi connectivity index (χ2v) is 5.35. The Morgan fingerprint density at radius 2 is 1.91 bits per heavy atom. The average Bonchev–Trinajstić information content (AvgIpc) is 3.00. The van der Waals surface area contributed by atoms with E-state index in [1.807, 2.05) is 55.6 Å². The number of aryl methyl sites for hydroxylation is 2. The highest BCUT2D eigenvalue weighted by molar-refractivity contribution is 5.98. The van der Waals surface area contributed by atoms with E-state index in [2.05, 4.69) is 20.3 Å². The van der Waals surface area contributed by atoms with Gasteiger partial charge < -0.3 is 4.74 Å². The number of ether oxygens (including phenoxy) is 1. The van der Waals surface area contributed by atoms with Gasteiger partial charge in [-0.05, 0) is 19.1 Å². The van der Waals surface area contributed by atoms with Gasteiger partial charge in [-0.2, -0.15) is 4.98 Å². The van der Waals surface area contributed by atoms with E-state index in [0.29, 0.717) is 23.2 Å². The zero-order valence-corrected chi connectivity index (χ0v) is 13.2. The van der Waals surface area contributed by atoms with Crippen LogP contribution in [-0.4, -0.2) is 32.5 Å². The number of hydrazone groups is 1. The predicted octanol–water partition coefficient (Wildman–Crippen LogP) is 2.19. The molecule has 0 aliphatic carbocycles. The predicted molar refractivity (Wildman–Crippen MR) is 86.9 cm³/mol. The lowest BCUT2D eigenvalue weighted by Gasteiger charge is -2.25. The largest absolute Gasteiger partial charge is 0.431 e. The first kappa shape index (κ1) is 13.7. The zero-order valence-electron chi connectivity index (χ0n) is 13.2. The maximum absolute atomic E-state index is 6.07. The third-order valence-corrected chi connectivity index (χ3v) is 3.87. The van der Waals surface area contributed by atoms with Crippen LogP contribution >= 0.6 is 0 Å². The van der Waals surface area contributed by atoms with E-state index in [-0.39, 0.29) is 0 Å². The van der Waals surface area contributed by atoms with E-state index in [4.69, 9.17) is 4.74 Å². The van der Waals surface area contributed by atoms with Gasteiger partial charge in [0.1, 0.15) is 5.82 Å². The number of anilines is 1. The molecule has 0 atom stereocenters. The van der Waals surface area contributed by atoms with Crippen molar-refractivity contribution in [2.75, 3.05) is 12.1 Å². The molecule has 4 rings (SSSR count). The van der Waals surface area contributed by atoms with Gasteiger partial charge in [0.05, 0.1) is 5.69 Å². The first-order chi connectivity index (χ1) is 11.2. The molecule has 0 amide bonds. The minimum atomic E-state index is 0.552. The van der Waals surface area contributed by atoms with Crippen LogP contribution in [0.15, 0.2) is 35.4 Å². The number of hydrogen-bond donors (Lipinski definition) is 0. The fraction of sp³-hybridized carbons (Fsp3) is 0.250. The lowest BCUT2D eigenvalue weighted by molar-refractivity contribution is 0.517. The molecule has 0 unspecified atom stereocenters. The van der Waals surface area contributed by atoms with Gasteiger partial charge in [0.2, 0.25) is 5.90 Å². The van der Waals surface area contributed by atoms with Gasteiger partial charge in [-0.3, -0.25) is 4.40 Å². The summed E-state index contributed by atoms with van der Waals surface area (Å²) in [5.74, 6) is 3.30. The molecule has 23 heavy (non-hydrogen) atoms. The van der Waals surface area contributed by atoms with Crippen molar-refractivity contribution in [3.05, 3.63) is 47.4 Å². The Morgan fingerprint density at radius 1 is 1.13 bits per heavy atom. The Hall–Kier alpha value is -2.96. The molecule has 3 heterocycles. The van der Waals surface area contributed by atoms with E-state index >= 15 is 0 Å². The zero-order chi connectivity index (χ0) is 16.0. The molecule has 116 valence electrons. The minimum absolute atomic E-state index is 0.552. The minimum Gasteiger partial charge on any atom is -0.431 e.